The van der Waals surface area contributed by atoms with Crippen LogP contribution in [-0.4, -0.2) is 74.9 Å². The molecule has 2 amide bonds. The molecule has 0 spiro atoms. The van der Waals surface area contributed by atoms with Gasteiger partial charge in [0.05, 0.1) is 11.8 Å². The van der Waals surface area contributed by atoms with Gasteiger partial charge in [0.25, 0.3) is 5.91 Å². The van der Waals surface area contributed by atoms with Crippen LogP contribution in [0.5, 0.6) is 0 Å². The molecule has 37 heavy (non-hydrogen) atoms. The number of amides is 2. The molecule has 9 heteroatoms. The lowest BCUT2D eigenvalue weighted by Crippen LogP contribution is -2.49. The zero-order chi connectivity index (χ0) is 25.8. The summed E-state index contributed by atoms with van der Waals surface area (Å²) in [4.78, 5) is 32.6. The van der Waals surface area contributed by atoms with Crippen LogP contribution in [0.15, 0.2) is 59.8 Å². The SMILES string of the molecule is CCn1c(SCC(=O)N2CCN(c3ccccc3)CC2)nnc1C1CCCN1C(=O)c1ccccc1C. The van der Waals surface area contributed by atoms with E-state index in [4.69, 9.17) is 0 Å². The zero-order valence-corrected chi connectivity index (χ0v) is 22.4. The molecule has 1 aromatic heterocycles. The molecule has 0 N–H and O–H groups in total. The van der Waals surface area contributed by atoms with Gasteiger partial charge in [0.2, 0.25) is 5.91 Å². The van der Waals surface area contributed by atoms with Crippen LogP contribution in [0.4, 0.5) is 5.69 Å². The Hall–Kier alpha value is -3.33. The molecule has 2 fully saturated rings. The number of hydrogen-bond donors (Lipinski definition) is 0. The summed E-state index contributed by atoms with van der Waals surface area (Å²) in [5.74, 6) is 1.32. The van der Waals surface area contributed by atoms with Gasteiger partial charge in [0.15, 0.2) is 11.0 Å². The fraction of sp³-hybridized carbons (Fsp3) is 0.429. The number of para-hydroxylation sites is 1. The van der Waals surface area contributed by atoms with Crippen LogP contribution in [0, 0.1) is 6.92 Å². The van der Waals surface area contributed by atoms with Crippen LogP contribution in [0.1, 0.15) is 47.6 Å². The van der Waals surface area contributed by atoms with Gasteiger partial charge in [0.1, 0.15) is 0 Å². The standard InChI is InChI=1S/C28H34N6O2S/c1-3-33-26(24-14-9-15-34(24)27(36)23-13-8-7-10-21(23)2)29-30-28(33)37-20-25(35)32-18-16-31(17-19-32)22-11-5-4-6-12-22/h4-8,10-13,24H,3,9,14-20H2,1-2H3. The number of rotatable bonds is 7. The van der Waals surface area contributed by atoms with E-state index in [1.807, 2.05) is 59.2 Å². The summed E-state index contributed by atoms with van der Waals surface area (Å²) in [5, 5.41) is 9.70. The van der Waals surface area contributed by atoms with Gasteiger partial charge in [-0.3, -0.25) is 9.59 Å². The van der Waals surface area contributed by atoms with Crippen LogP contribution < -0.4 is 4.90 Å². The lowest BCUT2D eigenvalue weighted by Gasteiger charge is -2.36. The minimum absolute atomic E-state index is 0.0466. The minimum Gasteiger partial charge on any atom is -0.368 e. The van der Waals surface area contributed by atoms with Crippen molar-refractivity contribution in [2.24, 2.45) is 0 Å². The van der Waals surface area contributed by atoms with E-state index in [9.17, 15) is 9.59 Å². The molecule has 0 saturated carbocycles. The van der Waals surface area contributed by atoms with Gasteiger partial charge in [-0.1, -0.05) is 48.2 Å². The van der Waals surface area contributed by atoms with Gasteiger partial charge in [-0.05, 0) is 50.5 Å². The molecule has 3 aromatic rings. The number of piperazine rings is 1. The van der Waals surface area contributed by atoms with E-state index in [2.05, 4.69) is 38.7 Å². The van der Waals surface area contributed by atoms with Crippen LogP contribution in [-0.2, 0) is 11.3 Å². The molecule has 1 atom stereocenters. The van der Waals surface area contributed by atoms with E-state index in [0.717, 1.165) is 61.1 Å². The highest BCUT2D eigenvalue weighted by atomic mass is 32.2. The van der Waals surface area contributed by atoms with Crippen molar-refractivity contribution in [3.8, 4) is 0 Å². The van der Waals surface area contributed by atoms with Crippen LogP contribution in [0.3, 0.4) is 0 Å². The van der Waals surface area contributed by atoms with Gasteiger partial charge >= 0.3 is 0 Å². The Kier molecular flexibility index (Phi) is 7.79. The molecule has 2 aromatic carbocycles. The maximum atomic E-state index is 13.4. The molecule has 2 saturated heterocycles. The maximum Gasteiger partial charge on any atom is 0.254 e. The Labute approximate surface area is 222 Å². The number of thioether (sulfide) groups is 1. The molecule has 194 valence electrons. The third-order valence-electron chi connectivity index (χ3n) is 7.33. The maximum absolute atomic E-state index is 13.4. The summed E-state index contributed by atoms with van der Waals surface area (Å²) in [5.41, 5.74) is 2.92. The molecular formula is C28H34N6O2S. The first-order valence-corrected chi connectivity index (χ1v) is 14.1. The van der Waals surface area contributed by atoms with Crippen molar-refractivity contribution in [1.29, 1.82) is 0 Å². The predicted octanol–water partition coefficient (Wildman–Crippen LogP) is 4.02. The van der Waals surface area contributed by atoms with E-state index in [0.29, 0.717) is 18.8 Å². The lowest BCUT2D eigenvalue weighted by atomic mass is 10.1. The van der Waals surface area contributed by atoms with E-state index in [1.54, 1.807) is 0 Å². The Morgan fingerprint density at radius 3 is 2.41 bits per heavy atom. The fourth-order valence-corrected chi connectivity index (χ4v) is 6.18. The molecule has 0 aliphatic carbocycles. The minimum atomic E-state index is -0.101. The van der Waals surface area contributed by atoms with Crippen LogP contribution in [0.25, 0.3) is 0 Å². The number of nitrogens with zero attached hydrogens (tertiary/aromatic N) is 6. The van der Waals surface area contributed by atoms with Gasteiger partial charge < -0.3 is 19.3 Å². The number of likely N-dealkylation sites (tertiary alicyclic amines) is 1. The molecule has 5 rings (SSSR count). The molecule has 2 aliphatic rings. The second kappa shape index (κ2) is 11.4. The number of aromatic nitrogens is 3. The smallest absolute Gasteiger partial charge is 0.254 e. The molecule has 0 radical (unpaired) electrons. The van der Waals surface area contributed by atoms with E-state index in [-0.39, 0.29) is 17.9 Å². The van der Waals surface area contributed by atoms with Gasteiger partial charge in [0, 0.05) is 50.5 Å². The summed E-state index contributed by atoms with van der Waals surface area (Å²) in [7, 11) is 0. The molecule has 3 heterocycles. The molecule has 0 bridgehead atoms. The van der Waals surface area contributed by atoms with Crippen molar-refractivity contribution in [1.82, 2.24) is 24.6 Å². The highest BCUT2D eigenvalue weighted by Crippen LogP contribution is 2.34. The third kappa shape index (κ3) is 5.37. The Morgan fingerprint density at radius 1 is 0.946 bits per heavy atom. The van der Waals surface area contributed by atoms with Crippen molar-refractivity contribution in [2.75, 3.05) is 43.4 Å². The first-order chi connectivity index (χ1) is 18.1. The lowest BCUT2D eigenvalue weighted by molar-refractivity contribution is -0.128. The van der Waals surface area contributed by atoms with Crippen LogP contribution in [0.2, 0.25) is 0 Å². The fourth-order valence-electron chi connectivity index (χ4n) is 5.27. The number of hydrogen-bond acceptors (Lipinski definition) is 6. The third-order valence-corrected chi connectivity index (χ3v) is 8.28. The number of aryl methyl sites for hydroxylation is 1. The Balaban J connectivity index is 1.22. The Bertz CT molecular complexity index is 1240. The monoisotopic (exact) mass is 518 g/mol. The molecule has 1 unspecified atom stereocenters. The largest absolute Gasteiger partial charge is 0.368 e. The zero-order valence-electron chi connectivity index (χ0n) is 21.5. The number of carbonyl (C=O) groups excluding carboxylic acids is 2. The highest BCUT2D eigenvalue weighted by Gasteiger charge is 2.35. The summed E-state index contributed by atoms with van der Waals surface area (Å²) in [6.45, 7) is 8.55. The summed E-state index contributed by atoms with van der Waals surface area (Å²) >= 11 is 1.44. The first-order valence-electron chi connectivity index (χ1n) is 13.1. The predicted molar refractivity (Wildman–Crippen MR) is 146 cm³/mol. The second-order valence-electron chi connectivity index (χ2n) is 9.55. The number of carbonyl (C=O) groups is 2. The van der Waals surface area contributed by atoms with Crippen molar-refractivity contribution in [3.05, 3.63) is 71.5 Å². The average molecular weight is 519 g/mol. The molecular weight excluding hydrogens is 484 g/mol. The van der Waals surface area contributed by atoms with Crippen molar-refractivity contribution in [3.63, 3.8) is 0 Å². The van der Waals surface area contributed by atoms with E-state index < -0.39 is 0 Å². The topological polar surface area (TPSA) is 74.6 Å². The normalized spacial score (nSPS) is 17.9. The van der Waals surface area contributed by atoms with Crippen LogP contribution >= 0.6 is 11.8 Å². The number of benzene rings is 2. The molecule has 2 aliphatic heterocycles. The molecule has 8 nitrogen and oxygen atoms in total. The van der Waals surface area contributed by atoms with Gasteiger partial charge in [-0.2, -0.15) is 0 Å². The summed E-state index contributed by atoms with van der Waals surface area (Å²) < 4.78 is 2.07. The Morgan fingerprint density at radius 2 is 1.68 bits per heavy atom. The van der Waals surface area contributed by atoms with E-state index in [1.165, 1.54) is 17.4 Å². The van der Waals surface area contributed by atoms with Gasteiger partial charge in [-0.25, -0.2) is 0 Å². The summed E-state index contributed by atoms with van der Waals surface area (Å²) in [6, 6.07) is 18.0. The highest BCUT2D eigenvalue weighted by molar-refractivity contribution is 7.99. The second-order valence-corrected chi connectivity index (χ2v) is 10.5. The quantitative estimate of drug-likeness (QED) is 0.440. The number of anilines is 1. The van der Waals surface area contributed by atoms with Gasteiger partial charge in [-0.15, -0.1) is 10.2 Å². The van der Waals surface area contributed by atoms with E-state index >= 15 is 0 Å². The summed E-state index contributed by atoms with van der Waals surface area (Å²) in [6.07, 6.45) is 1.81. The van der Waals surface area contributed by atoms with Crippen molar-refractivity contribution in [2.45, 2.75) is 44.4 Å². The first kappa shape index (κ1) is 25.3. The van der Waals surface area contributed by atoms with Crippen molar-refractivity contribution >= 4 is 29.3 Å². The average Bonchev–Trinajstić information content (AvgIpc) is 3.59. The van der Waals surface area contributed by atoms with Crippen molar-refractivity contribution < 1.29 is 9.59 Å².